The van der Waals surface area contributed by atoms with Crippen LogP contribution < -0.4 is 5.73 Å². The Morgan fingerprint density at radius 2 is 2.27 bits per heavy atom. The van der Waals surface area contributed by atoms with Crippen molar-refractivity contribution in [1.82, 2.24) is 0 Å². The van der Waals surface area contributed by atoms with Gasteiger partial charge in [-0.15, -0.1) is 0 Å². The molecule has 1 nitrogen and oxygen atoms in total. The minimum atomic E-state index is 0.0448. The van der Waals surface area contributed by atoms with Gasteiger partial charge in [0.05, 0.1) is 0 Å². The lowest BCUT2D eigenvalue weighted by Gasteiger charge is -2.20. The van der Waals surface area contributed by atoms with E-state index in [-0.39, 0.29) is 5.54 Å². The van der Waals surface area contributed by atoms with E-state index in [2.05, 4.69) is 25.6 Å². The molecular formula is C9H19NS. The maximum atomic E-state index is 5.90. The van der Waals surface area contributed by atoms with E-state index in [1.54, 1.807) is 0 Å². The van der Waals surface area contributed by atoms with Crippen LogP contribution in [0, 0.1) is 0 Å². The summed E-state index contributed by atoms with van der Waals surface area (Å²) >= 11 is 2.13. The summed E-state index contributed by atoms with van der Waals surface area (Å²) in [6, 6.07) is 0. The summed E-state index contributed by atoms with van der Waals surface area (Å²) in [5.74, 6) is 1.37. The fraction of sp³-hybridized carbons (Fsp3) is 1.00. The highest BCUT2D eigenvalue weighted by Crippen LogP contribution is 2.30. The lowest BCUT2D eigenvalue weighted by molar-refractivity contribution is 0.452. The van der Waals surface area contributed by atoms with Gasteiger partial charge in [0.2, 0.25) is 0 Å². The van der Waals surface area contributed by atoms with Crippen molar-refractivity contribution in [3.8, 4) is 0 Å². The minimum Gasteiger partial charge on any atom is -0.326 e. The second-order valence-corrected chi connectivity index (χ2v) is 5.57. The van der Waals surface area contributed by atoms with Crippen molar-refractivity contribution in [2.24, 2.45) is 5.73 Å². The summed E-state index contributed by atoms with van der Waals surface area (Å²) in [7, 11) is 0. The Morgan fingerprint density at radius 1 is 1.55 bits per heavy atom. The molecule has 0 amide bonds. The summed E-state index contributed by atoms with van der Waals surface area (Å²) in [6.45, 7) is 4.24. The highest BCUT2D eigenvalue weighted by molar-refractivity contribution is 8.00. The van der Waals surface area contributed by atoms with Crippen molar-refractivity contribution in [1.29, 1.82) is 0 Å². The Morgan fingerprint density at radius 3 is 2.73 bits per heavy atom. The number of rotatable bonds is 3. The van der Waals surface area contributed by atoms with Crippen LogP contribution in [0.2, 0.25) is 0 Å². The normalized spacial score (nSPS) is 25.9. The largest absolute Gasteiger partial charge is 0.326 e. The molecule has 0 spiro atoms. The molecule has 1 fully saturated rings. The lowest BCUT2D eigenvalue weighted by atomic mass is 9.98. The molecule has 0 bridgehead atoms. The maximum Gasteiger partial charge on any atom is 0.00974 e. The van der Waals surface area contributed by atoms with Gasteiger partial charge in [-0.2, -0.15) is 11.8 Å². The average Bonchev–Trinajstić information content (AvgIpc) is 2.32. The number of hydrogen-bond acceptors (Lipinski definition) is 2. The van der Waals surface area contributed by atoms with Crippen LogP contribution in [0.3, 0.4) is 0 Å². The fourth-order valence-electron chi connectivity index (χ4n) is 1.41. The molecule has 1 aliphatic heterocycles. The van der Waals surface area contributed by atoms with Crippen LogP contribution in [-0.2, 0) is 0 Å². The Bertz CT molecular complexity index is 111. The van der Waals surface area contributed by atoms with Crippen LogP contribution in [-0.4, -0.2) is 16.5 Å². The first-order valence-corrected chi connectivity index (χ1v) is 5.53. The van der Waals surface area contributed by atoms with E-state index in [0.717, 1.165) is 5.25 Å². The Balaban J connectivity index is 2.11. The quantitative estimate of drug-likeness (QED) is 0.709. The monoisotopic (exact) mass is 173 g/mol. The SMILES string of the molecule is CC(C)(N)CCC1CCCS1. The summed E-state index contributed by atoms with van der Waals surface area (Å²) in [4.78, 5) is 0. The molecule has 11 heavy (non-hydrogen) atoms. The van der Waals surface area contributed by atoms with Gasteiger partial charge in [-0.05, 0) is 45.3 Å². The molecule has 2 heteroatoms. The van der Waals surface area contributed by atoms with E-state index in [1.165, 1.54) is 31.4 Å². The topological polar surface area (TPSA) is 26.0 Å². The molecule has 1 saturated heterocycles. The van der Waals surface area contributed by atoms with Crippen LogP contribution in [0.25, 0.3) is 0 Å². The predicted molar refractivity (Wildman–Crippen MR) is 53.0 cm³/mol. The van der Waals surface area contributed by atoms with E-state index < -0.39 is 0 Å². The fourth-order valence-corrected chi connectivity index (χ4v) is 2.69. The summed E-state index contributed by atoms with van der Waals surface area (Å²) in [5, 5.41) is 0.915. The Kier molecular flexibility index (Phi) is 3.26. The van der Waals surface area contributed by atoms with Gasteiger partial charge in [-0.3, -0.25) is 0 Å². The molecule has 0 aromatic heterocycles. The molecule has 2 N–H and O–H groups in total. The second kappa shape index (κ2) is 3.81. The van der Waals surface area contributed by atoms with E-state index in [1.807, 2.05) is 0 Å². The van der Waals surface area contributed by atoms with Gasteiger partial charge in [-0.1, -0.05) is 0 Å². The van der Waals surface area contributed by atoms with Gasteiger partial charge in [0.25, 0.3) is 0 Å². The van der Waals surface area contributed by atoms with Gasteiger partial charge < -0.3 is 5.73 Å². The van der Waals surface area contributed by atoms with Crippen LogP contribution in [0.4, 0.5) is 0 Å². The summed E-state index contributed by atoms with van der Waals surface area (Å²) < 4.78 is 0. The Hall–Kier alpha value is 0.310. The molecule has 66 valence electrons. The van der Waals surface area contributed by atoms with Crippen LogP contribution in [0.15, 0.2) is 0 Å². The van der Waals surface area contributed by atoms with E-state index in [9.17, 15) is 0 Å². The summed E-state index contributed by atoms with van der Waals surface area (Å²) in [6.07, 6.45) is 5.32. The zero-order chi connectivity index (χ0) is 8.32. The Labute approximate surface area is 74.1 Å². The number of thioether (sulfide) groups is 1. The van der Waals surface area contributed by atoms with Crippen LogP contribution >= 0.6 is 11.8 Å². The molecule has 0 aliphatic carbocycles. The number of hydrogen-bond donors (Lipinski definition) is 1. The van der Waals surface area contributed by atoms with Crippen molar-refractivity contribution < 1.29 is 0 Å². The van der Waals surface area contributed by atoms with Crippen molar-refractivity contribution in [3.05, 3.63) is 0 Å². The molecule has 0 aromatic carbocycles. The molecule has 0 radical (unpaired) electrons. The van der Waals surface area contributed by atoms with Crippen molar-refractivity contribution in [2.75, 3.05) is 5.75 Å². The number of nitrogens with two attached hydrogens (primary N) is 1. The lowest BCUT2D eigenvalue weighted by Crippen LogP contribution is -2.32. The first-order chi connectivity index (χ1) is 5.08. The third-order valence-electron chi connectivity index (χ3n) is 2.13. The van der Waals surface area contributed by atoms with Crippen molar-refractivity contribution in [2.45, 2.75) is 50.3 Å². The van der Waals surface area contributed by atoms with Gasteiger partial charge in [-0.25, -0.2) is 0 Å². The summed E-state index contributed by atoms with van der Waals surface area (Å²) in [5.41, 5.74) is 5.95. The van der Waals surface area contributed by atoms with Gasteiger partial charge >= 0.3 is 0 Å². The van der Waals surface area contributed by atoms with E-state index >= 15 is 0 Å². The molecule has 0 aromatic rings. The van der Waals surface area contributed by atoms with Crippen molar-refractivity contribution >= 4 is 11.8 Å². The molecule has 1 heterocycles. The molecule has 1 aliphatic rings. The van der Waals surface area contributed by atoms with Gasteiger partial charge in [0, 0.05) is 10.8 Å². The second-order valence-electron chi connectivity index (χ2n) is 4.16. The zero-order valence-corrected chi connectivity index (χ0v) is 8.41. The van der Waals surface area contributed by atoms with E-state index in [4.69, 9.17) is 5.73 Å². The first kappa shape index (κ1) is 9.40. The standard InChI is InChI=1S/C9H19NS/c1-9(2,10)6-5-8-4-3-7-11-8/h8H,3-7,10H2,1-2H3. The maximum absolute atomic E-state index is 5.90. The zero-order valence-electron chi connectivity index (χ0n) is 7.60. The molecule has 1 unspecified atom stereocenters. The van der Waals surface area contributed by atoms with Gasteiger partial charge in [0.1, 0.15) is 0 Å². The highest BCUT2D eigenvalue weighted by atomic mass is 32.2. The average molecular weight is 173 g/mol. The molecular weight excluding hydrogens is 154 g/mol. The highest BCUT2D eigenvalue weighted by Gasteiger charge is 2.18. The molecule has 1 rings (SSSR count). The predicted octanol–water partition coefficient (Wildman–Crippen LogP) is 2.40. The van der Waals surface area contributed by atoms with Crippen LogP contribution in [0.5, 0.6) is 0 Å². The minimum absolute atomic E-state index is 0.0448. The smallest absolute Gasteiger partial charge is 0.00974 e. The third kappa shape index (κ3) is 4.02. The first-order valence-electron chi connectivity index (χ1n) is 4.48. The van der Waals surface area contributed by atoms with Crippen molar-refractivity contribution in [3.63, 3.8) is 0 Å². The molecule has 1 atom stereocenters. The third-order valence-corrected chi connectivity index (χ3v) is 3.60. The van der Waals surface area contributed by atoms with Gasteiger partial charge in [0.15, 0.2) is 0 Å². The van der Waals surface area contributed by atoms with E-state index in [0.29, 0.717) is 0 Å². The van der Waals surface area contributed by atoms with Crippen LogP contribution in [0.1, 0.15) is 39.5 Å². The molecule has 0 saturated carbocycles.